The molecular formula is C18H15FN6. The second-order valence-corrected chi connectivity index (χ2v) is 5.41. The largest absolute Gasteiger partial charge is 0.357 e. The predicted octanol–water partition coefficient (Wildman–Crippen LogP) is 3.74. The molecule has 2 aromatic carbocycles. The lowest BCUT2D eigenvalue weighted by atomic mass is 10.3. The maximum absolute atomic E-state index is 13.1. The number of hydrogen-bond donors (Lipinski definition) is 2. The number of hydrogen-bond acceptors (Lipinski definition) is 5. The van der Waals surface area contributed by atoms with Crippen molar-refractivity contribution in [2.75, 3.05) is 17.7 Å². The van der Waals surface area contributed by atoms with Crippen molar-refractivity contribution >= 4 is 28.5 Å². The van der Waals surface area contributed by atoms with Gasteiger partial charge in [-0.1, -0.05) is 18.2 Å². The van der Waals surface area contributed by atoms with Crippen LogP contribution in [0.2, 0.25) is 0 Å². The van der Waals surface area contributed by atoms with Crippen molar-refractivity contribution in [2.24, 2.45) is 0 Å². The van der Waals surface area contributed by atoms with Gasteiger partial charge in [0.2, 0.25) is 5.95 Å². The number of halogens is 1. The first kappa shape index (κ1) is 15.1. The predicted molar refractivity (Wildman–Crippen MR) is 95.9 cm³/mol. The van der Waals surface area contributed by atoms with Crippen molar-refractivity contribution in [3.8, 4) is 5.69 Å². The SMILES string of the molecule is CNc1nc(Nc2ccc(F)cc2)c2cnn(-c3ccccc3)c2n1. The lowest BCUT2D eigenvalue weighted by Crippen LogP contribution is -2.04. The molecule has 2 N–H and O–H groups in total. The molecule has 0 atom stereocenters. The van der Waals surface area contributed by atoms with E-state index in [-0.39, 0.29) is 5.82 Å². The molecule has 0 unspecified atom stereocenters. The van der Waals surface area contributed by atoms with Crippen LogP contribution in [0.25, 0.3) is 16.7 Å². The number of rotatable bonds is 4. The maximum atomic E-state index is 13.1. The van der Waals surface area contributed by atoms with Crippen LogP contribution in [0, 0.1) is 5.82 Å². The fourth-order valence-electron chi connectivity index (χ4n) is 2.54. The van der Waals surface area contributed by atoms with Crippen LogP contribution in [0.5, 0.6) is 0 Å². The van der Waals surface area contributed by atoms with E-state index in [1.807, 2.05) is 30.3 Å². The molecule has 0 fully saturated rings. The van der Waals surface area contributed by atoms with Gasteiger partial charge in [0.1, 0.15) is 11.6 Å². The van der Waals surface area contributed by atoms with Gasteiger partial charge < -0.3 is 10.6 Å². The standard InChI is InChI=1S/C18H15FN6/c1-20-18-23-16(22-13-9-7-12(19)8-10-13)15-11-21-25(17(15)24-18)14-5-3-2-4-6-14/h2-11H,1H3,(H2,20,22,23,24). The zero-order valence-electron chi connectivity index (χ0n) is 13.4. The van der Waals surface area contributed by atoms with Crippen LogP contribution in [-0.2, 0) is 0 Å². The van der Waals surface area contributed by atoms with Crippen molar-refractivity contribution in [1.82, 2.24) is 19.7 Å². The molecule has 4 rings (SSSR count). The van der Waals surface area contributed by atoms with E-state index in [9.17, 15) is 4.39 Å². The maximum Gasteiger partial charge on any atom is 0.226 e. The van der Waals surface area contributed by atoms with Gasteiger partial charge in [-0.3, -0.25) is 0 Å². The number of anilines is 3. The summed E-state index contributed by atoms with van der Waals surface area (Å²) in [6.07, 6.45) is 1.72. The molecular weight excluding hydrogens is 319 g/mol. The lowest BCUT2D eigenvalue weighted by molar-refractivity contribution is 0.628. The molecule has 4 aromatic rings. The molecule has 0 aliphatic carbocycles. The minimum Gasteiger partial charge on any atom is -0.357 e. The highest BCUT2D eigenvalue weighted by Gasteiger charge is 2.14. The summed E-state index contributed by atoms with van der Waals surface area (Å²) < 4.78 is 14.9. The Morgan fingerprint density at radius 1 is 0.960 bits per heavy atom. The van der Waals surface area contributed by atoms with Crippen molar-refractivity contribution in [1.29, 1.82) is 0 Å². The molecule has 0 aliphatic heterocycles. The molecule has 2 aromatic heterocycles. The van der Waals surface area contributed by atoms with E-state index in [1.165, 1.54) is 12.1 Å². The quantitative estimate of drug-likeness (QED) is 0.595. The second kappa shape index (κ2) is 6.20. The summed E-state index contributed by atoms with van der Waals surface area (Å²) in [7, 11) is 1.76. The Kier molecular flexibility index (Phi) is 3.74. The molecule has 0 saturated heterocycles. The Morgan fingerprint density at radius 2 is 1.72 bits per heavy atom. The molecule has 6 nitrogen and oxygen atoms in total. The van der Waals surface area contributed by atoms with E-state index in [0.29, 0.717) is 17.4 Å². The molecule has 25 heavy (non-hydrogen) atoms. The number of para-hydroxylation sites is 1. The Labute approximate surface area is 143 Å². The van der Waals surface area contributed by atoms with Gasteiger partial charge in [0.15, 0.2) is 5.65 Å². The van der Waals surface area contributed by atoms with Gasteiger partial charge in [-0.25, -0.2) is 9.07 Å². The van der Waals surface area contributed by atoms with Crippen molar-refractivity contribution in [3.05, 3.63) is 66.6 Å². The zero-order chi connectivity index (χ0) is 17.2. The highest BCUT2D eigenvalue weighted by atomic mass is 19.1. The van der Waals surface area contributed by atoms with Gasteiger partial charge in [-0.2, -0.15) is 15.1 Å². The average Bonchev–Trinajstić information content (AvgIpc) is 3.08. The van der Waals surface area contributed by atoms with Crippen LogP contribution in [0.15, 0.2) is 60.8 Å². The molecule has 0 aliphatic rings. The molecule has 0 spiro atoms. The van der Waals surface area contributed by atoms with E-state index in [0.717, 1.165) is 16.8 Å². The van der Waals surface area contributed by atoms with Gasteiger partial charge in [-0.05, 0) is 36.4 Å². The Balaban J connectivity index is 1.84. The molecule has 7 heteroatoms. The number of nitrogens with one attached hydrogen (secondary N) is 2. The second-order valence-electron chi connectivity index (χ2n) is 5.41. The highest BCUT2D eigenvalue weighted by Crippen LogP contribution is 2.26. The molecule has 0 radical (unpaired) electrons. The third kappa shape index (κ3) is 2.87. The molecule has 2 heterocycles. The van der Waals surface area contributed by atoms with E-state index in [1.54, 1.807) is 30.1 Å². The Bertz CT molecular complexity index is 1010. The first-order valence-electron chi connectivity index (χ1n) is 7.76. The first-order chi connectivity index (χ1) is 12.2. The van der Waals surface area contributed by atoms with Crippen LogP contribution in [0.1, 0.15) is 0 Å². The fraction of sp³-hybridized carbons (Fsp3) is 0.0556. The summed E-state index contributed by atoms with van der Waals surface area (Å²) in [5.41, 5.74) is 2.32. The summed E-state index contributed by atoms with van der Waals surface area (Å²) in [5, 5.41) is 11.4. The van der Waals surface area contributed by atoms with Gasteiger partial charge in [0, 0.05) is 12.7 Å². The summed E-state index contributed by atoms with van der Waals surface area (Å²) >= 11 is 0. The summed E-state index contributed by atoms with van der Waals surface area (Å²) in [6, 6.07) is 15.9. The Morgan fingerprint density at radius 3 is 2.44 bits per heavy atom. The average molecular weight is 334 g/mol. The van der Waals surface area contributed by atoms with E-state index >= 15 is 0 Å². The van der Waals surface area contributed by atoms with Gasteiger partial charge >= 0.3 is 0 Å². The number of nitrogens with zero attached hydrogens (tertiary/aromatic N) is 4. The van der Waals surface area contributed by atoms with Crippen molar-refractivity contribution < 1.29 is 4.39 Å². The number of aromatic nitrogens is 4. The van der Waals surface area contributed by atoms with E-state index in [2.05, 4.69) is 25.7 Å². The minimum absolute atomic E-state index is 0.286. The summed E-state index contributed by atoms with van der Waals surface area (Å²) in [6.45, 7) is 0. The van der Waals surface area contributed by atoms with Gasteiger partial charge in [0.25, 0.3) is 0 Å². The van der Waals surface area contributed by atoms with Crippen LogP contribution >= 0.6 is 0 Å². The normalized spacial score (nSPS) is 10.8. The van der Waals surface area contributed by atoms with Crippen LogP contribution in [0.3, 0.4) is 0 Å². The fourth-order valence-corrected chi connectivity index (χ4v) is 2.54. The highest BCUT2D eigenvalue weighted by molar-refractivity contribution is 5.90. The monoisotopic (exact) mass is 334 g/mol. The zero-order valence-corrected chi connectivity index (χ0v) is 13.4. The van der Waals surface area contributed by atoms with Crippen LogP contribution < -0.4 is 10.6 Å². The summed E-state index contributed by atoms with van der Waals surface area (Å²) in [5.74, 6) is 0.782. The smallest absolute Gasteiger partial charge is 0.226 e. The van der Waals surface area contributed by atoms with Gasteiger partial charge in [-0.15, -0.1) is 0 Å². The molecule has 124 valence electrons. The van der Waals surface area contributed by atoms with Crippen molar-refractivity contribution in [3.63, 3.8) is 0 Å². The minimum atomic E-state index is -0.286. The molecule has 0 bridgehead atoms. The number of fused-ring (bicyclic) bond motifs is 1. The first-order valence-corrected chi connectivity index (χ1v) is 7.76. The molecule has 0 amide bonds. The number of benzene rings is 2. The van der Waals surface area contributed by atoms with E-state index in [4.69, 9.17) is 0 Å². The lowest BCUT2D eigenvalue weighted by Gasteiger charge is -2.09. The van der Waals surface area contributed by atoms with Crippen LogP contribution in [-0.4, -0.2) is 26.8 Å². The summed E-state index contributed by atoms with van der Waals surface area (Å²) in [4.78, 5) is 8.99. The van der Waals surface area contributed by atoms with E-state index < -0.39 is 0 Å². The van der Waals surface area contributed by atoms with Gasteiger partial charge in [0.05, 0.1) is 17.3 Å². The molecule has 0 saturated carbocycles. The topological polar surface area (TPSA) is 67.7 Å². The van der Waals surface area contributed by atoms with Crippen molar-refractivity contribution in [2.45, 2.75) is 0 Å². The third-order valence-electron chi connectivity index (χ3n) is 3.76. The Hall–Kier alpha value is -3.48. The van der Waals surface area contributed by atoms with Crippen LogP contribution in [0.4, 0.5) is 21.8 Å². The third-order valence-corrected chi connectivity index (χ3v) is 3.76.